The lowest BCUT2D eigenvalue weighted by Gasteiger charge is -2.15. The number of H-pyrrole nitrogens is 1. The summed E-state index contributed by atoms with van der Waals surface area (Å²) in [5.74, 6) is 1.54. The Balaban J connectivity index is 1.87. The molecule has 0 aliphatic rings. The molecule has 0 saturated heterocycles. The van der Waals surface area contributed by atoms with Gasteiger partial charge in [0.15, 0.2) is 0 Å². The van der Waals surface area contributed by atoms with Crippen LogP contribution in [0.2, 0.25) is 0 Å². The second kappa shape index (κ2) is 5.96. The van der Waals surface area contributed by atoms with Gasteiger partial charge in [-0.15, -0.1) is 0 Å². The van der Waals surface area contributed by atoms with E-state index in [2.05, 4.69) is 69.1 Å². The first-order valence-electron chi connectivity index (χ1n) is 8.12. The molecule has 1 atom stereocenters. The maximum atomic E-state index is 4.78. The van der Waals surface area contributed by atoms with E-state index in [4.69, 9.17) is 4.98 Å². The van der Waals surface area contributed by atoms with Gasteiger partial charge in [0.2, 0.25) is 0 Å². The molecule has 22 heavy (non-hydrogen) atoms. The molecule has 0 fully saturated rings. The van der Waals surface area contributed by atoms with Gasteiger partial charge in [-0.2, -0.15) is 0 Å². The molecule has 1 aromatic heterocycles. The zero-order valence-electron chi connectivity index (χ0n) is 13.9. The summed E-state index contributed by atoms with van der Waals surface area (Å²) in [5, 5.41) is 0. The van der Waals surface area contributed by atoms with Crippen molar-refractivity contribution in [2.75, 3.05) is 0 Å². The Morgan fingerprint density at radius 3 is 2.73 bits per heavy atom. The van der Waals surface area contributed by atoms with E-state index in [1.807, 2.05) is 0 Å². The molecule has 0 spiro atoms. The zero-order chi connectivity index (χ0) is 15.7. The smallest absolute Gasteiger partial charge is 0.107 e. The van der Waals surface area contributed by atoms with Crippen LogP contribution in [0.5, 0.6) is 0 Å². The minimum Gasteiger partial charge on any atom is -0.342 e. The van der Waals surface area contributed by atoms with Crippen molar-refractivity contribution in [3.05, 3.63) is 64.5 Å². The van der Waals surface area contributed by atoms with E-state index in [-0.39, 0.29) is 0 Å². The molecule has 0 amide bonds. The Bertz CT molecular complexity index is 799. The number of aromatic amines is 1. The fraction of sp³-hybridized carbons (Fsp3) is 0.350. The first-order valence-corrected chi connectivity index (χ1v) is 8.12. The lowest BCUT2D eigenvalue weighted by Crippen LogP contribution is -2.03. The predicted octanol–water partition coefficient (Wildman–Crippen LogP) is 5.09. The van der Waals surface area contributed by atoms with E-state index in [0.29, 0.717) is 5.92 Å². The number of nitrogens with one attached hydrogen (secondary N) is 1. The second-order valence-electron chi connectivity index (χ2n) is 6.28. The predicted molar refractivity (Wildman–Crippen MR) is 93.5 cm³/mol. The molecule has 1 N–H and O–H groups in total. The van der Waals surface area contributed by atoms with E-state index < -0.39 is 0 Å². The van der Waals surface area contributed by atoms with Crippen molar-refractivity contribution in [1.82, 2.24) is 9.97 Å². The monoisotopic (exact) mass is 292 g/mol. The third kappa shape index (κ3) is 2.78. The Hall–Kier alpha value is -2.09. The molecule has 2 aromatic carbocycles. The van der Waals surface area contributed by atoms with Crippen molar-refractivity contribution in [1.29, 1.82) is 0 Å². The van der Waals surface area contributed by atoms with Gasteiger partial charge in [0, 0.05) is 6.42 Å². The Morgan fingerprint density at radius 1 is 1.14 bits per heavy atom. The van der Waals surface area contributed by atoms with Crippen LogP contribution in [0.25, 0.3) is 11.0 Å². The number of benzene rings is 2. The van der Waals surface area contributed by atoms with E-state index in [9.17, 15) is 0 Å². The van der Waals surface area contributed by atoms with Crippen LogP contribution in [-0.2, 0) is 12.8 Å². The zero-order valence-corrected chi connectivity index (χ0v) is 13.9. The molecule has 0 radical (unpaired) electrons. The summed E-state index contributed by atoms with van der Waals surface area (Å²) in [5.41, 5.74) is 7.76. The molecule has 0 saturated carbocycles. The molecule has 3 aromatic rings. The average molecular weight is 292 g/mol. The van der Waals surface area contributed by atoms with E-state index in [0.717, 1.165) is 29.7 Å². The summed E-state index contributed by atoms with van der Waals surface area (Å²) in [6, 6.07) is 13.1. The average Bonchev–Trinajstić information content (AvgIpc) is 2.90. The fourth-order valence-electron chi connectivity index (χ4n) is 3.13. The highest BCUT2D eigenvalue weighted by Gasteiger charge is 2.13. The number of nitrogens with zero attached hydrogens (tertiary/aromatic N) is 1. The Labute approximate surface area is 132 Å². The summed E-state index contributed by atoms with van der Waals surface area (Å²) in [7, 11) is 0. The van der Waals surface area contributed by atoms with Gasteiger partial charge in [-0.3, -0.25) is 0 Å². The Kier molecular flexibility index (Phi) is 4.02. The van der Waals surface area contributed by atoms with Crippen LogP contribution in [0.15, 0.2) is 36.4 Å². The maximum absolute atomic E-state index is 4.78. The van der Waals surface area contributed by atoms with Crippen molar-refractivity contribution < 1.29 is 0 Å². The number of aromatic nitrogens is 2. The van der Waals surface area contributed by atoms with E-state index >= 15 is 0 Å². The first kappa shape index (κ1) is 14.8. The minimum absolute atomic E-state index is 0.464. The summed E-state index contributed by atoms with van der Waals surface area (Å²) in [6.45, 7) is 8.86. The van der Waals surface area contributed by atoms with E-state index in [1.165, 1.54) is 22.3 Å². The molecular formula is C20H24N2. The molecule has 1 heterocycles. The van der Waals surface area contributed by atoms with Crippen LogP contribution in [0.1, 0.15) is 47.8 Å². The topological polar surface area (TPSA) is 28.7 Å². The molecular weight excluding hydrogens is 268 g/mol. The largest absolute Gasteiger partial charge is 0.342 e. The third-order valence-corrected chi connectivity index (χ3v) is 4.68. The van der Waals surface area contributed by atoms with Crippen LogP contribution >= 0.6 is 0 Å². The van der Waals surface area contributed by atoms with Gasteiger partial charge < -0.3 is 4.98 Å². The first-order chi connectivity index (χ1) is 10.6. The van der Waals surface area contributed by atoms with Gasteiger partial charge in [0.05, 0.1) is 11.0 Å². The molecule has 0 aliphatic heterocycles. The van der Waals surface area contributed by atoms with Gasteiger partial charge in [-0.05, 0) is 60.6 Å². The summed E-state index contributed by atoms with van der Waals surface area (Å²) in [4.78, 5) is 8.25. The van der Waals surface area contributed by atoms with Crippen LogP contribution in [0, 0.1) is 13.8 Å². The van der Waals surface area contributed by atoms with Gasteiger partial charge >= 0.3 is 0 Å². The molecule has 1 unspecified atom stereocenters. The number of hydrogen-bond donors (Lipinski definition) is 1. The Morgan fingerprint density at radius 2 is 1.95 bits per heavy atom. The number of imidazole rings is 1. The van der Waals surface area contributed by atoms with Crippen LogP contribution < -0.4 is 0 Å². The number of hydrogen-bond acceptors (Lipinski definition) is 1. The number of rotatable bonds is 4. The van der Waals surface area contributed by atoms with Crippen molar-refractivity contribution in [3.63, 3.8) is 0 Å². The van der Waals surface area contributed by atoms with Crippen LogP contribution in [-0.4, -0.2) is 9.97 Å². The molecule has 0 aliphatic carbocycles. The molecule has 3 rings (SSSR count). The lowest BCUT2D eigenvalue weighted by atomic mass is 9.91. The minimum atomic E-state index is 0.464. The van der Waals surface area contributed by atoms with Gasteiger partial charge in [-0.1, -0.05) is 38.1 Å². The van der Waals surface area contributed by atoms with Gasteiger partial charge in [-0.25, -0.2) is 4.98 Å². The quantitative estimate of drug-likeness (QED) is 0.713. The van der Waals surface area contributed by atoms with Crippen molar-refractivity contribution >= 4 is 11.0 Å². The molecule has 114 valence electrons. The van der Waals surface area contributed by atoms with Crippen molar-refractivity contribution in [2.45, 2.75) is 46.5 Å². The van der Waals surface area contributed by atoms with Crippen molar-refractivity contribution in [2.24, 2.45) is 0 Å². The highest BCUT2D eigenvalue weighted by molar-refractivity contribution is 5.75. The van der Waals surface area contributed by atoms with Crippen LogP contribution in [0.3, 0.4) is 0 Å². The molecule has 0 bridgehead atoms. The lowest BCUT2D eigenvalue weighted by molar-refractivity contribution is 0.723. The highest BCUT2D eigenvalue weighted by Crippen LogP contribution is 2.25. The highest BCUT2D eigenvalue weighted by atomic mass is 14.9. The standard InChI is InChI=1S/C20H24N2/c1-5-16-9-10-18-19(12-16)22-20(21-18)11-14(3)17-8-6-7-13(2)15(17)4/h6-10,12,14H,5,11H2,1-4H3,(H,21,22). The summed E-state index contributed by atoms with van der Waals surface area (Å²) in [6.07, 6.45) is 2.00. The summed E-state index contributed by atoms with van der Waals surface area (Å²) < 4.78 is 0. The summed E-state index contributed by atoms with van der Waals surface area (Å²) >= 11 is 0. The molecule has 2 heteroatoms. The van der Waals surface area contributed by atoms with E-state index in [1.54, 1.807) is 0 Å². The normalized spacial score (nSPS) is 12.7. The van der Waals surface area contributed by atoms with Crippen LogP contribution in [0.4, 0.5) is 0 Å². The van der Waals surface area contributed by atoms with Gasteiger partial charge in [0.1, 0.15) is 5.82 Å². The number of aryl methyl sites for hydroxylation is 2. The van der Waals surface area contributed by atoms with Gasteiger partial charge in [0.25, 0.3) is 0 Å². The SMILES string of the molecule is CCc1ccc2[nH]c(CC(C)c3cccc(C)c3C)nc2c1. The maximum Gasteiger partial charge on any atom is 0.107 e. The molecule has 2 nitrogen and oxygen atoms in total. The third-order valence-electron chi connectivity index (χ3n) is 4.68. The number of fused-ring (bicyclic) bond motifs is 1. The van der Waals surface area contributed by atoms with Crippen molar-refractivity contribution in [3.8, 4) is 0 Å². The second-order valence-corrected chi connectivity index (χ2v) is 6.28. The fourth-order valence-corrected chi connectivity index (χ4v) is 3.13.